The van der Waals surface area contributed by atoms with E-state index in [0.717, 1.165) is 12.8 Å². The number of amides is 1. The Kier molecular flexibility index (Phi) is 5.59. The average molecular weight is 409 g/mol. The highest BCUT2D eigenvalue weighted by Crippen LogP contribution is 2.36. The molecule has 0 spiro atoms. The summed E-state index contributed by atoms with van der Waals surface area (Å²) in [5, 5.41) is -0.201. The van der Waals surface area contributed by atoms with E-state index in [0.29, 0.717) is 18.6 Å². The molecule has 2 aliphatic heterocycles. The number of nitrogens with zero attached hydrogens (tertiary/aromatic N) is 3. The minimum absolute atomic E-state index is 0.0230. The molecule has 154 valence electrons. The molecule has 1 aromatic rings. The first-order valence-corrected chi connectivity index (χ1v) is 11.2. The second-order valence-corrected chi connectivity index (χ2v) is 10.6. The first-order valence-electron chi connectivity index (χ1n) is 9.57. The number of sulfone groups is 1. The molecule has 0 aliphatic carbocycles. The monoisotopic (exact) mass is 409 g/mol. The summed E-state index contributed by atoms with van der Waals surface area (Å²) in [4.78, 5) is 21.4. The van der Waals surface area contributed by atoms with Gasteiger partial charge >= 0.3 is 7.12 Å². The highest BCUT2D eigenvalue weighted by molar-refractivity contribution is 7.91. The molecule has 1 atom stereocenters. The van der Waals surface area contributed by atoms with E-state index in [1.165, 1.54) is 19.3 Å². The van der Waals surface area contributed by atoms with Crippen LogP contribution in [-0.2, 0) is 23.9 Å². The maximum Gasteiger partial charge on any atom is 0.498 e. The zero-order valence-corrected chi connectivity index (χ0v) is 18.0. The van der Waals surface area contributed by atoms with E-state index in [1.807, 2.05) is 27.7 Å². The van der Waals surface area contributed by atoms with Gasteiger partial charge in [0.25, 0.3) is 0 Å². The Morgan fingerprint density at radius 3 is 2.32 bits per heavy atom. The number of likely N-dealkylation sites (tertiary alicyclic amines) is 1. The summed E-state index contributed by atoms with van der Waals surface area (Å²) >= 11 is 0. The van der Waals surface area contributed by atoms with Gasteiger partial charge in [-0.05, 0) is 46.5 Å². The van der Waals surface area contributed by atoms with Gasteiger partial charge in [-0.25, -0.2) is 18.4 Å². The van der Waals surface area contributed by atoms with Gasteiger partial charge in [0.1, 0.15) is 0 Å². The van der Waals surface area contributed by atoms with Gasteiger partial charge in [-0.2, -0.15) is 0 Å². The molecule has 1 aromatic heterocycles. The van der Waals surface area contributed by atoms with Crippen molar-refractivity contribution in [1.82, 2.24) is 14.9 Å². The van der Waals surface area contributed by atoms with Crippen molar-refractivity contribution in [2.75, 3.05) is 18.8 Å². The number of piperidine rings is 1. The molecule has 0 aromatic carbocycles. The van der Waals surface area contributed by atoms with Crippen molar-refractivity contribution < 1.29 is 22.5 Å². The van der Waals surface area contributed by atoms with Crippen LogP contribution in [0.15, 0.2) is 17.6 Å². The minimum atomic E-state index is -3.64. The fourth-order valence-electron chi connectivity index (χ4n) is 3.46. The van der Waals surface area contributed by atoms with Gasteiger partial charge in [-0.3, -0.25) is 4.79 Å². The molecule has 0 radical (unpaired) electrons. The SMILES string of the molecule is CC(=O)N1CCC[C@H](CS(=O)(=O)c2ncc(B3OC(C)(C)C(C)(C)O3)cn2)C1. The van der Waals surface area contributed by atoms with Crippen molar-refractivity contribution in [2.45, 2.75) is 63.8 Å². The second-order valence-electron chi connectivity index (χ2n) is 8.64. The van der Waals surface area contributed by atoms with Crippen LogP contribution in [-0.4, -0.2) is 66.4 Å². The Morgan fingerprint density at radius 2 is 1.79 bits per heavy atom. The first kappa shape index (κ1) is 21.2. The van der Waals surface area contributed by atoms with Gasteiger partial charge in [-0.15, -0.1) is 0 Å². The van der Waals surface area contributed by atoms with E-state index in [9.17, 15) is 13.2 Å². The molecule has 0 N–H and O–H groups in total. The summed E-state index contributed by atoms with van der Waals surface area (Å²) < 4.78 is 37.3. The minimum Gasteiger partial charge on any atom is -0.399 e. The third-order valence-electron chi connectivity index (χ3n) is 5.87. The van der Waals surface area contributed by atoms with Crippen molar-refractivity contribution in [3.8, 4) is 0 Å². The largest absolute Gasteiger partial charge is 0.498 e. The third kappa shape index (κ3) is 4.23. The maximum atomic E-state index is 12.7. The molecule has 2 saturated heterocycles. The molecule has 3 heterocycles. The van der Waals surface area contributed by atoms with Crippen LogP contribution in [0.1, 0.15) is 47.5 Å². The van der Waals surface area contributed by atoms with Crippen molar-refractivity contribution in [2.24, 2.45) is 5.92 Å². The highest BCUT2D eigenvalue weighted by atomic mass is 32.2. The molecule has 1 amide bonds. The molecule has 0 saturated carbocycles. The Labute approximate surface area is 167 Å². The lowest BCUT2D eigenvalue weighted by molar-refractivity contribution is -0.130. The quantitative estimate of drug-likeness (QED) is 0.536. The van der Waals surface area contributed by atoms with E-state index in [1.54, 1.807) is 4.90 Å². The summed E-state index contributed by atoms with van der Waals surface area (Å²) in [5.74, 6) is -0.189. The molecular formula is C18H28BN3O5S. The van der Waals surface area contributed by atoms with Crippen molar-refractivity contribution in [1.29, 1.82) is 0 Å². The lowest BCUT2D eigenvalue weighted by Crippen LogP contribution is -2.41. The van der Waals surface area contributed by atoms with E-state index in [4.69, 9.17) is 9.31 Å². The van der Waals surface area contributed by atoms with Crippen LogP contribution >= 0.6 is 0 Å². The van der Waals surface area contributed by atoms with E-state index in [2.05, 4.69) is 9.97 Å². The molecular weight excluding hydrogens is 381 g/mol. The average Bonchev–Trinajstić information content (AvgIpc) is 2.82. The van der Waals surface area contributed by atoms with E-state index in [-0.39, 0.29) is 22.7 Å². The number of carbonyl (C=O) groups is 1. The summed E-state index contributed by atoms with van der Waals surface area (Å²) in [7, 11) is -4.27. The van der Waals surface area contributed by atoms with Crippen LogP contribution in [0, 0.1) is 5.92 Å². The Balaban J connectivity index is 1.70. The summed E-state index contributed by atoms with van der Waals surface area (Å²) in [6.07, 6.45) is 4.48. The van der Waals surface area contributed by atoms with Gasteiger partial charge < -0.3 is 14.2 Å². The number of rotatable bonds is 4. The maximum absolute atomic E-state index is 12.7. The number of carbonyl (C=O) groups excluding carboxylic acids is 1. The van der Waals surface area contributed by atoms with Gasteiger partial charge in [0.05, 0.1) is 17.0 Å². The fraction of sp³-hybridized carbons (Fsp3) is 0.722. The molecule has 10 heteroatoms. The number of hydrogen-bond acceptors (Lipinski definition) is 7. The van der Waals surface area contributed by atoms with E-state index >= 15 is 0 Å². The zero-order chi connectivity index (χ0) is 20.7. The fourth-order valence-corrected chi connectivity index (χ4v) is 4.93. The highest BCUT2D eigenvalue weighted by Gasteiger charge is 2.52. The molecule has 2 fully saturated rings. The topological polar surface area (TPSA) is 98.7 Å². The number of hydrogen-bond donors (Lipinski definition) is 0. The molecule has 0 bridgehead atoms. The molecule has 28 heavy (non-hydrogen) atoms. The molecule has 2 aliphatic rings. The Morgan fingerprint density at radius 1 is 1.21 bits per heavy atom. The molecule has 0 unspecified atom stereocenters. The molecule has 3 rings (SSSR count). The predicted octanol–water partition coefficient (Wildman–Crippen LogP) is 0.808. The van der Waals surface area contributed by atoms with Gasteiger partial charge in [0.15, 0.2) is 0 Å². The van der Waals surface area contributed by atoms with Crippen molar-refractivity contribution in [3.63, 3.8) is 0 Å². The third-order valence-corrected chi connectivity index (χ3v) is 7.55. The van der Waals surface area contributed by atoms with Crippen LogP contribution in [0.3, 0.4) is 0 Å². The zero-order valence-electron chi connectivity index (χ0n) is 17.1. The number of aromatic nitrogens is 2. The smallest absolute Gasteiger partial charge is 0.399 e. The first-order chi connectivity index (χ1) is 12.9. The summed E-state index contributed by atoms with van der Waals surface area (Å²) in [5.41, 5.74) is -0.407. The second kappa shape index (κ2) is 7.38. The Hall–Kier alpha value is -1.52. The molecule has 8 nitrogen and oxygen atoms in total. The Bertz CT molecular complexity index is 825. The van der Waals surface area contributed by atoms with Crippen molar-refractivity contribution in [3.05, 3.63) is 12.4 Å². The van der Waals surface area contributed by atoms with Crippen LogP contribution in [0.25, 0.3) is 0 Å². The van der Waals surface area contributed by atoms with Gasteiger partial charge in [-0.1, -0.05) is 0 Å². The summed E-state index contributed by atoms with van der Waals surface area (Å²) in [6, 6.07) is 0. The summed E-state index contributed by atoms with van der Waals surface area (Å²) in [6.45, 7) is 10.4. The van der Waals surface area contributed by atoms with Crippen LogP contribution in [0.4, 0.5) is 0 Å². The van der Waals surface area contributed by atoms with Crippen LogP contribution < -0.4 is 5.46 Å². The van der Waals surface area contributed by atoms with Gasteiger partial charge in [0, 0.05) is 37.9 Å². The van der Waals surface area contributed by atoms with Crippen molar-refractivity contribution >= 4 is 28.3 Å². The van der Waals surface area contributed by atoms with Gasteiger partial charge in [0.2, 0.25) is 20.9 Å². The normalized spacial score (nSPS) is 24.4. The van der Waals surface area contributed by atoms with E-state index < -0.39 is 28.2 Å². The predicted molar refractivity (Wildman–Crippen MR) is 105 cm³/mol. The van der Waals surface area contributed by atoms with Crippen LogP contribution in [0.5, 0.6) is 0 Å². The lowest BCUT2D eigenvalue weighted by atomic mass is 9.81. The lowest BCUT2D eigenvalue weighted by Gasteiger charge is -2.32. The van der Waals surface area contributed by atoms with Crippen LogP contribution in [0.2, 0.25) is 0 Å². The standard InChI is InChI=1S/C18H28BN3O5S/c1-13(23)22-8-6-7-14(11-22)12-28(24,25)16-20-9-15(10-21-16)19-26-17(2,3)18(4,5)27-19/h9-10,14H,6-8,11-12H2,1-5H3/t14-/m0/s1.